The first kappa shape index (κ1) is 13.9. The second kappa shape index (κ2) is 5.20. The molecule has 2 rings (SSSR count). The third kappa shape index (κ3) is 2.89. The quantitative estimate of drug-likeness (QED) is 0.897. The Morgan fingerprint density at radius 1 is 1.16 bits per heavy atom. The molecule has 0 amide bonds. The second-order valence-corrected chi connectivity index (χ2v) is 6.17. The molecular formula is C12H16N2O4S. The van der Waals surface area contributed by atoms with Gasteiger partial charge in [0.05, 0.1) is 13.1 Å². The molecule has 0 aromatic carbocycles. The van der Waals surface area contributed by atoms with E-state index in [1.165, 1.54) is 17.4 Å². The average Bonchev–Trinajstić information content (AvgIpc) is 2.98. The molecule has 2 aromatic rings. The zero-order valence-electron chi connectivity index (χ0n) is 10.8. The summed E-state index contributed by atoms with van der Waals surface area (Å²) in [6.45, 7) is 2.11. The number of furan rings is 2. The molecule has 0 saturated heterocycles. The summed E-state index contributed by atoms with van der Waals surface area (Å²) in [6.07, 6.45) is 0. The van der Waals surface area contributed by atoms with Crippen LogP contribution in [0.1, 0.15) is 17.3 Å². The minimum absolute atomic E-state index is 0.112. The van der Waals surface area contributed by atoms with Gasteiger partial charge in [0.1, 0.15) is 17.3 Å². The van der Waals surface area contributed by atoms with E-state index in [1.807, 2.05) is 0 Å². The SMILES string of the molecule is Cc1ccc(CN(C)S(=O)(=O)c2ccc(CN)o2)o1. The Morgan fingerprint density at radius 3 is 2.37 bits per heavy atom. The largest absolute Gasteiger partial charge is 0.465 e. The minimum Gasteiger partial charge on any atom is -0.465 e. The number of nitrogens with two attached hydrogens (primary N) is 1. The second-order valence-electron chi connectivity index (χ2n) is 4.20. The third-order valence-corrected chi connectivity index (χ3v) is 4.35. The summed E-state index contributed by atoms with van der Waals surface area (Å²) in [5.41, 5.74) is 5.39. The fraction of sp³-hybridized carbons (Fsp3) is 0.333. The predicted molar refractivity (Wildman–Crippen MR) is 68.7 cm³/mol. The highest BCUT2D eigenvalue weighted by atomic mass is 32.2. The summed E-state index contributed by atoms with van der Waals surface area (Å²) >= 11 is 0. The van der Waals surface area contributed by atoms with Gasteiger partial charge in [0.2, 0.25) is 5.09 Å². The van der Waals surface area contributed by atoms with Crippen LogP contribution in [0.4, 0.5) is 0 Å². The van der Waals surface area contributed by atoms with Crippen molar-refractivity contribution in [2.24, 2.45) is 5.73 Å². The van der Waals surface area contributed by atoms with Crippen molar-refractivity contribution >= 4 is 10.0 Å². The van der Waals surface area contributed by atoms with Crippen molar-refractivity contribution in [3.05, 3.63) is 41.5 Å². The Labute approximate surface area is 111 Å². The number of sulfonamides is 1. The van der Waals surface area contributed by atoms with Crippen LogP contribution in [0.3, 0.4) is 0 Å². The lowest BCUT2D eigenvalue weighted by molar-refractivity contribution is 0.367. The van der Waals surface area contributed by atoms with Gasteiger partial charge in [0, 0.05) is 7.05 Å². The van der Waals surface area contributed by atoms with Gasteiger partial charge < -0.3 is 14.6 Å². The first-order valence-corrected chi connectivity index (χ1v) is 7.18. The molecule has 2 heterocycles. The van der Waals surface area contributed by atoms with E-state index < -0.39 is 10.0 Å². The lowest BCUT2D eigenvalue weighted by atomic mass is 10.4. The Bertz CT molecular complexity index is 657. The molecule has 7 heteroatoms. The standard InChI is InChI=1S/C12H16N2O4S/c1-9-3-4-11(17-9)8-14(2)19(15,16)12-6-5-10(7-13)18-12/h3-6H,7-8,13H2,1-2H3. The van der Waals surface area contributed by atoms with E-state index in [2.05, 4.69) is 0 Å². The number of aryl methyl sites for hydroxylation is 1. The van der Waals surface area contributed by atoms with Crippen LogP contribution in [0.5, 0.6) is 0 Å². The van der Waals surface area contributed by atoms with Crippen molar-refractivity contribution < 1.29 is 17.3 Å². The Morgan fingerprint density at radius 2 is 1.84 bits per heavy atom. The molecule has 0 saturated carbocycles. The smallest absolute Gasteiger partial charge is 0.276 e. The van der Waals surface area contributed by atoms with Gasteiger partial charge in [-0.15, -0.1) is 0 Å². The zero-order valence-corrected chi connectivity index (χ0v) is 11.6. The number of nitrogens with zero attached hydrogens (tertiary/aromatic N) is 1. The van der Waals surface area contributed by atoms with Gasteiger partial charge in [-0.05, 0) is 31.2 Å². The molecule has 0 aliphatic carbocycles. The molecule has 2 aromatic heterocycles. The van der Waals surface area contributed by atoms with E-state index >= 15 is 0 Å². The summed E-state index contributed by atoms with van der Waals surface area (Å²) in [4.78, 5) is 0. The summed E-state index contributed by atoms with van der Waals surface area (Å²) in [5, 5.41) is -0.112. The highest BCUT2D eigenvalue weighted by molar-refractivity contribution is 7.88. The minimum atomic E-state index is -3.67. The van der Waals surface area contributed by atoms with Crippen LogP contribution in [0, 0.1) is 6.92 Å². The topological polar surface area (TPSA) is 89.7 Å². The molecule has 0 unspecified atom stereocenters. The highest BCUT2D eigenvalue weighted by Gasteiger charge is 2.25. The molecule has 0 aliphatic rings. The summed E-state index contributed by atoms with van der Waals surface area (Å²) in [6, 6.07) is 6.49. The molecule has 0 bridgehead atoms. The normalized spacial score (nSPS) is 12.2. The maximum absolute atomic E-state index is 12.2. The van der Waals surface area contributed by atoms with Crippen LogP contribution in [0.15, 0.2) is 38.2 Å². The summed E-state index contributed by atoms with van der Waals surface area (Å²) in [7, 11) is -2.20. The van der Waals surface area contributed by atoms with Crippen LogP contribution in [0.2, 0.25) is 0 Å². The zero-order chi connectivity index (χ0) is 14.0. The lowest BCUT2D eigenvalue weighted by Crippen LogP contribution is -2.26. The van der Waals surface area contributed by atoms with Gasteiger partial charge in [0.15, 0.2) is 0 Å². The van der Waals surface area contributed by atoms with Gasteiger partial charge in [-0.3, -0.25) is 0 Å². The molecule has 0 fully saturated rings. The van der Waals surface area contributed by atoms with Crippen molar-refractivity contribution in [3.8, 4) is 0 Å². The van der Waals surface area contributed by atoms with Crippen LogP contribution in [-0.2, 0) is 23.1 Å². The number of hydrogen-bond acceptors (Lipinski definition) is 5. The predicted octanol–water partition coefficient (Wildman–Crippen LogP) is 1.46. The molecule has 6 nitrogen and oxygen atoms in total. The molecule has 0 atom stereocenters. The van der Waals surface area contributed by atoms with E-state index in [1.54, 1.807) is 25.1 Å². The van der Waals surface area contributed by atoms with Gasteiger partial charge >= 0.3 is 0 Å². The molecule has 0 spiro atoms. The van der Waals surface area contributed by atoms with E-state index in [4.69, 9.17) is 14.6 Å². The third-order valence-electron chi connectivity index (χ3n) is 2.68. The van der Waals surface area contributed by atoms with Crippen molar-refractivity contribution in [1.29, 1.82) is 0 Å². The summed E-state index contributed by atoms with van der Waals surface area (Å²) < 4.78 is 36.1. The van der Waals surface area contributed by atoms with Crippen LogP contribution in [0.25, 0.3) is 0 Å². The Hall–Kier alpha value is -1.57. The van der Waals surface area contributed by atoms with Crippen molar-refractivity contribution in [2.45, 2.75) is 25.1 Å². The first-order chi connectivity index (χ1) is 8.93. The Kier molecular flexibility index (Phi) is 3.79. The fourth-order valence-electron chi connectivity index (χ4n) is 1.63. The molecular weight excluding hydrogens is 268 g/mol. The van der Waals surface area contributed by atoms with E-state index in [0.717, 1.165) is 5.76 Å². The van der Waals surface area contributed by atoms with Crippen molar-refractivity contribution in [3.63, 3.8) is 0 Å². The first-order valence-electron chi connectivity index (χ1n) is 5.74. The fourth-order valence-corrected chi connectivity index (χ4v) is 2.69. The lowest BCUT2D eigenvalue weighted by Gasteiger charge is -2.13. The van der Waals surface area contributed by atoms with Gasteiger partial charge in [-0.25, -0.2) is 8.42 Å². The maximum Gasteiger partial charge on any atom is 0.276 e. The molecule has 104 valence electrons. The molecule has 0 radical (unpaired) electrons. The Balaban J connectivity index is 2.19. The van der Waals surface area contributed by atoms with E-state index in [-0.39, 0.29) is 18.2 Å². The van der Waals surface area contributed by atoms with Crippen molar-refractivity contribution in [1.82, 2.24) is 4.31 Å². The van der Waals surface area contributed by atoms with E-state index in [9.17, 15) is 8.42 Å². The summed E-state index contributed by atoms with van der Waals surface area (Å²) in [5.74, 6) is 1.75. The van der Waals surface area contributed by atoms with Gasteiger partial charge in [0.25, 0.3) is 10.0 Å². The molecule has 0 aliphatic heterocycles. The maximum atomic E-state index is 12.2. The van der Waals surface area contributed by atoms with Crippen LogP contribution >= 0.6 is 0 Å². The van der Waals surface area contributed by atoms with Gasteiger partial charge in [-0.1, -0.05) is 0 Å². The van der Waals surface area contributed by atoms with Gasteiger partial charge in [-0.2, -0.15) is 4.31 Å². The average molecular weight is 284 g/mol. The number of hydrogen-bond donors (Lipinski definition) is 1. The molecule has 19 heavy (non-hydrogen) atoms. The molecule has 2 N–H and O–H groups in total. The van der Waals surface area contributed by atoms with Crippen molar-refractivity contribution in [2.75, 3.05) is 7.05 Å². The van der Waals surface area contributed by atoms with E-state index in [0.29, 0.717) is 11.5 Å². The monoisotopic (exact) mass is 284 g/mol. The highest BCUT2D eigenvalue weighted by Crippen LogP contribution is 2.20. The number of rotatable bonds is 5. The van der Waals surface area contributed by atoms with Crippen LogP contribution in [-0.4, -0.2) is 19.8 Å². The van der Waals surface area contributed by atoms with Crippen LogP contribution < -0.4 is 5.73 Å².